The highest BCUT2D eigenvalue weighted by Gasteiger charge is 2.29. The normalized spacial score (nSPS) is 27.2. The summed E-state index contributed by atoms with van der Waals surface area (Å²) in [5.41, 5.74) is 7.77. The molecule has 1 saturated carbocycles. The van der Waals surface area contributed by atoms with Crippen molar-refractivity contribution in [3.8, 4) is 0 Å². The molecule has 1 fully saturated rings. The molecule has 4 heteroatoms. The fraction of sp³-hybridized carbons (Fsp3) is 0.500. The minimum absolute atomic E-state index is 0.442. The summed E-state index contributed by atoms with van der Waals surface area (Å²) in [4.78, 5) is 0.442. The van der Waals surface area contributed by atoms with Crippen molar-refractivity contribution in [3.05, 3.63) is 28.2 Å². The number of hydrogen-bond acceptors (Lipinski definition) is 2. The van der Waals surface area contributed by atoms with E-state index < -0.39 is 0 Å². The van der Waals surface area contributed by atoms with Crippen LogP contribution < -0.4 is 11.1 Å². The van der Waals surface area contributed by atoms with Crippen molar-refractivity contribution in [2.45, 2.75) is 32.7 Å². The third-order valence-corrected chi connectivity index (χ3v) is 4.77. The van der Waals surface area contributed by atoms with Crippen molar-refractivity contribution in [2.24, 2.45) is 17.6 Å². The van der Waals surface area contributed by atoms with E-state index in [4.69, 9.17) is 18.0 Å². The Kier molecular flexibility index (Phi) is 4.28. The molecule has 3 unspecified atom stereocenters. The van der Waals surface area contributed by atoms with Crippen molar-refractivity contribution in [1.29, 1.82) is 0 Å². The number of benzene rings is 1. The minimum Gasteiger partial charge on any atom is -0.389 e. The van der Waals surface area contributed by atoms with Gasteiger partial charge >= 0.3 is 0 Å². The maximum absolute atomic E-state index is 5.79. The van der Waals surface area contributed by atoms with Crippen LogP contribution in [0.25, 0.3) is 0 Å². The summed E-state index contributed by atoms with van der Waals surface area (Å²) in [5.74, 6) is 1.47. The third kappa shape index (κ3) is 2.86. The second-order valence-electron chi connectivity index (χ2n) is 5.22. The minimum atomic E-state index is 0.442. The van der Waals surface area contributed by atoms with E-state index in [-0.39, 0.29) is 0 Å². The second kappa shape index (κ2) is 5.57. The van der Waals surface area contributed by atoms with Crippen LogP contribution in [0.4, 0.5) is 5.69 Å². The first-order valence-electron chi connectivity index (χ1n) is 6.35. The first kappa shape index (κ1) is 13.8. The van der Waals surface area contributed by atoms with Crippen LogP contribution in [0.1, 0.15) is 32.3 Å². The largest absolute Gasteiger partial charge is 0.389 e. The van der Waals surface area contributed by atoms with Crippen LogP contribution in [0.15, 0.2) is 22.7 Å². The Morgan fingerprint density at radius 1 is 1.39 bits per heavy atom. The predicted octanol–water partition coefficient (Wildman–Crippen LogP) is 3.93. The van der Waals surface area contributed by atoms with Crippen LogP contribution >= 0.6 is 28.1 Å². The molecule has 0 aromatic heterocycles. The zero-order valence-corrected chi connectivity index (χ0v) is 13.1. The van der Waals surface area contributed by atoms with Gasteiger partial charge in [-0.25, -0.2) is 0 Å². The number of nitrogens with two attached hydrogens (primary N) is 1. The summed E-state index contributed by atoms with van der Waals surface area (Å²) in [6.07, 6.45) is 2.51. The molecule has 98 valence electrons. The molecule has 1 aromatic carbocycles. The molecule has 1 aliphatic carbocycles. The van der Waals surface area contributed by atoms with Crippen molar-refractivity contribution in [2.75, 3.05) is 5.32 Å². The van der Waals surface area contributed by atoms with E-state index in [9.17, 15) is 0 Å². The molecule has 0 radical (unpaired) electrons. The summed E-state index contributed by atoms with van der Waals surface area (Å²) in [6.45, 7) is 4.64. The van der Waals surface area contributed by atoms with E-state index in [0.717, 1.165) is 21.6 Å². The van der Waals surface area contributed by atoms with E-state index in [1.807, 2.05) is 18.2 Å². The lowest BCUT2D eigenvalue weighted by Crippen LogP contribution is -2.25. The highest BCUT2D eigenvalue weighted by molar-refractivity contribution is 9.10. The highest BCUT2D eigenvalue weighted by Crippen LogP contribution is 2.34. The van der Waals surface area contributed by atoms with Crippen LogP contribution in [-0.4, -0.2) is 11.0 Å². The van der Waals surface area contributed by atoms with Gasteiger partial charge in [-0.3, -0.25) is 0 Å². The number of anilines is 1. The molecular weight excluding hydrogens is 308 g/mol. The summed E-state index contributed by atoms with van der Waals surface area (Å²) < 4.78 is 1.00. The van der Waals surface area contributed by atoms with Crippen molar-refractivity contribution >= 4 is 38.8 Å². The van der Waals surface area contributed by atoms with Gasteiger partial charge in [0.05, 0.1) is 0 Å². The molecule has 0 saturated heterocycles. The molecule has 0 spiro atoms. The average molecular weight is 327 g/mol. The Morgan fingerprint density at radius 2 is 2.11 bits per heavy atom. The Hall–Kier alpha value is -0.610. The standard InChI is InChI=1S/C14H19BrN2S/c1-8-3-5-12(9(8)2)17-13-6-4-10(15)7-11(13)14(16)18/h4,6-9,12,17H,3,5H2,1-2H3,(H2,16,18). The molecular formula is C14H19BrN2S. The lowest BCUT2D eigenvalue weighted by atomic mass is 9.97. The van der Waals surface area contributed by atoms with Crippen molar-refractivity contribution in [3.63, 3.8) is 0 Å². The Balaban J connectivity index is 2.21. The molecule has 0 amide bonds. The molecule has 2 nitrogen and oxygen atoms in total. The van der Waals surface area contributed by atoms with E-state index in [2.05, 4.69) is 35.1 Å². The van der Waals surface area contributed by atoms with Crippen LogP contribution in [-0.2, 0) is 0 Å². The fourth-order valence-electron chi connectivity index (χ4n) is 2.61. The molecule has 3 atom stereocenters. The predicted molar refractivity (Wildman–Crippen MR) is 85.0 cm³/mol. The Bertz CT molecular complexity index is 461. The molecule has 0 heterocycles. The topological polar surface area (TPSA) is 38.0 Å². The van der Waals surface area contributed by atoms with Gasteiger partial charge in [0.25, 0.3) is 0 Å². The number of hydrogen-bond donors (Lipinski definition) is 2. The number of nitrogens with one attached hydrogen (secondary N) is 1. The van der Waals surface area contributed by atoms with Gasteiger partial charge in [-0.1, -0.05) is 42.0 Å². The second-order valence-corrected chi connectivity index (χ2v) is 6.57. The Labute approximate surface area is 122 Å². The summed E-state index contributed by atoms with van der Waals surface area (Å²) in [5, 5.41) is 3.61. The number of rotatable bonds is 3. The average Bonchev–Trinajstić information content (AvgIpc) is 2.63. The maximum atomic E-state index is 5.79. The lowest BCUT2D eigenvalue weighted by molar-refractivity contribution is 0.435. The highest BCUT2D eigenvalue weighted by atomic mass is 79.9. The maximum Gasteiger partial charge on any atom is 0.106 e. The van der Waals surface area contributed by atoms with Crippen LogP contribution in [0.2, 0.25) is 0 Å². The van der Waals surface area contributed by atoms with Crippen LogP contribution in [0.5, 0.6) is 0 Å². The van der Waals surface area contributed by atoms with E-state index >= 15 is 0 Å². The van der Waals surface area contributed by atoms with E-state index in [1.54, 1.807) is 0 Å². The van der Waals surface area contributed by atoms with Gasteiger partial charge in [-0.15, -0.1) is 0 Å². The van der Waals surface area contributed by atoms with Gasteiger partial charge in [-0.05, 0) is 42.9 Å². The first-order chi connectivity index (χ1) is 8.49. The van der Waals surface area contributed by atoms with Gasteiger partial charge in [0, 0.05) is 21.8 Å². The molecule has 2 rings (SSSR count). The molecule has 3 N–H and O–H groups in total. The van der Waals surface area contributed by atoms with Crippen molar-refractivity contribution in [1.82, 2.24) is 0 Å². The summed E-state index contributed by atoms with van der Waals surface area (Å²) in [7, 11) is 0. The van der Waals surface area contributed by atoms with Gasteiger partial charge in [0.1, 0.15) is 4.99 Å². The summed E-state index contributed by atoms with van der Waals surface area (Å²) in [6, 6.07) is 6.57. The van der Waals surface area contributed by atoms with Crippen LogP contribution in [0.3, 0.4) is 0 Å². The summed E-state index contributed by atoms with van der Waals surface area (Å²) >= 11 is 8.58. The van der Waals surface area contributed by atoms with Crippen molar-refractivity contribution < 1.29 is 0 Å². The SMILES string of the molecule is CC1CCC(Nc2ccc(Br)cc2C(N)=S)C1C. The van der Waals surface area contributed by atoms with Crippen LogP contribution in [0, 0.1) is 11.8 Å². The molecule has 0 bridgehead atoms. The monoisotopic (exact) mass is 326 g/mol. The Morgan fingerprint density at radius 3 is 2.67 bits per heavy atom. The third-order valence-electron chi connectivity index (χ3n) is 4.05. The van der Waals surface area contributed by atoms with Gasteiger partial charge in [-0.2, -0.15) is 0 Å². The van der Waals surface area contributed by atoms with Gasteiger partial charge < -0.3 is 11.1 Å². The zero-order valence-electron chi connectivity index (χ0n) is 10.7. The molecule has 1 aliphatic rings. The molecule has 1 aromatic rings. The number of halogens is 1. The quantitative estimate of drug-likeness (QED) is 0.826. The van der Waals surface area contributed by atoms with E-state index in [0.29, 0.717) is 16.9 Å². The van der Waals surface area contributed by atoms with Gasteiger partial charge in [0.2, 0.25) is 0 Å². The number of thiocarbonyl (C=S) groups is 1. The fourth-order valence-corrected chi connectivity index (χ4v) is 3.14. The molecule has 18 heavy (non-hydrogen) atoms. The van der Waals surface area contributed by atoms with E-state index in [1.165, 1.54) is 12.8 Å². The lowest BCUT2D eigenvalue weighted by Gasteiger charge is -2.22. The first-order valence-corrected chi connectivity index (χ1v) is 7.55. The van der Waals surface area contributed by atoms with Gasteiger partial charge in [0.15, 0.2) is 0 Å². The smallest absolute Gasteiger partial charge is 0.106 e. The molecule has 0 aliphatic heterocycles. The zero-order chi connectivity index (χ0) is 13.3.